The van der Waals surface area contributed by atoms with Crippen LogP contribution in [0.3, 0.4) is 0 Å². The van der Waals surface area contributed by atoms with Crippen LogP contribution in [-0.4, -0.2) is 47.5 Å². The fraction of sp³-hybridized carbons (Fsp3) is 1.00. The molecule has 3 heteroatoms. The first-order valence-electron chi connectivity index (χ1n) is 17.6. The van der Waals surface area contributed by atoms with Gasteiger partial charge in [-0.25, -0.2) is 0 Å². The van der Waals surface area contributed by atoms with Crippen molar-refractivity contribution in [2.75, 3.05) is 26.2 Å². The van der Waals surface area contributed by atoms with Gasteiger partial charge in [0, 0.05) is 19.6 Å². The fourth-order valence-electron chi connectivity index (χ4n) is 6.11. The molecule has 0 aliphatic carbocycles. The largest absolute Gasteiger partial charge is 0.394 e. The number of aliphatic hydroxyl groups excluding tert-OH is 2. The zero-order chi connectivity index (χ0) is 28.1. The molecule has 0 aromatic rings. The second kappa shape index (κ2) is 29.9. The Hall–Kier alpha value is -0.120. The van der Waals surface area contributed by atoms with Crippen molar-refractivity contribution >= 4 is 0 Å². The fourth-order valence-corrected chi connectivity index (χ4v) is 6.11. The molecule has 0 bridgehead atoms. The number of hydrogen-bond acceptors (Lipinski definition) is 3. The van der Waals surface area contributed by atoms with Gasteiger partial charge in [-0.1, -0.05) is 156 Å². The lowest BCUT2D eigenvalue weighted by Gasteiger charge is -2.32. The van der Waals surface area contributed by atoms with Gasteiger partial charge in [-0.15, -0.1) is 0 Å². The summed E-state index contributed by atoms with van der Waals surface area (Å²) in [6, 6.07) is 0. The van der Waals surface area contributed by atoms with Crippen molar-refractivity contribution in [2.45, 2.75) is 188 Å². The number of aliphatic hydroxyl groups is 2. The number of nitrogens with zero attached hydrogens (tertiary/aromatic N) is 1. The van der Waals surface area contributed by atoms with Crippen LogP contribution in [0.25, 0.3) is 0 Å². The molecular formula is C35H73NO2. The van der Waals surface area contributed by atoms with Crippen molar-refractivity contribution in [3.8, 4) is 0 Å². The Kier molecular flexibility index (Phi) is 29.8. The van der Waals surface area contributed by atoms with E-state index >= 15 is 0 Å². The maximum atomic E-state index is 10.4. The second-order valence-corrected chi connectivity index (χ2v) is 12.6. The Morgan fingerprint density at radius 1 is 0.421 bits per heavy atom. The summed E-state index contributed by atoms with van der Waals surface area (Å²) in [5.41, 5.74) is 0. The quantitative estimate of drug-likeness (QED) is 0.0861. The molecule has 3 unspecified atom stereocenters. The van der Waals surface area contributed by atoms with E-state index < -0.39 is 6.10 Å². The standard InChI is InChI=1S/C35H73NO2/c1-5-9-13-17-19-23-27-33(25-21-15-11-7-3)29-36(31-35(38)32-37)30-34(26-22-16-12-8-4)28-24-20-18-14-10-6-2/h33-35,37-38H,5-32H2,1-4H3. The highest BCUT2D eigenvalue weighted by Gasteiger charge is 2.21. The van der Waals surface area contributed by atoms with Crippen molar-refractivity contribution in [1.82, 2.24) is 4.90 Å². The summed E-state index contributed by atoms with van der Waals surface area (Å²) in [5.74, 6) is 1.47. The van der Waals surface area contributed by atoms with E-state index in [9.17, 15) is 10.2 Å². The first kappa shape index (κ1) is 37.9. The van der Waals surface area contributed by atoms with Gasteiger partial charge in [-0.05, 0) is 37.5 Å². The highest BCUT2D eigenvalue weighted by Crippen LogP contribution is 2.24. The van der Waals surface area contributed by atoms with E-state index in [1.807, 2.05) is 0 Å². The van der Waals surface area contributed by atoms with Crippen LogP contribution in [0.5, 0.6) is 0 Å². The molecule has 0 aliphatic rings. The van der Waals surface area contributed by atoms with E-state index in [1.165, 1.54) is 154 Å². The Morgan fingerprint density at radius 3 is 1.03 bits per heavy atom. The summed E-state index contributed by atoms with van der Waals surface area (Å²) in [7, 11) is 0. The molecule has 0 fully saturated rings. The lowest BCUT2D eigenvalue weighted by Crippen LogP contribution is -2.40. The van der Waals surface area contributed by atoms with E-state index in [0.717, 1.165) is 24.9 Å². The molecule has 230 valence electrons. The molecule has 0 saturated heterocycles. The lowest BCUT2D eigenvalue weighted by molar-refractivity contribution is 0.0456. The minimum Gasteiger partial charge on any atom is -0.394 e. The van der Waals surface area contributed by atoms with Gasteiger partial charge in [0.1, 0.15) is 0 Å². The molecule has 0 heterocycles. The van der Waals surface area contributed by atoms with Gasteiger partial charge in [0.25, 0.3) is 0 Å². The van der Waals surface area contributed by atoms with E-state index in [1.54, 1.807) is 0 Å². The van der Waals surface area contributed by atoms with Crippen LogP contribution >= 0.6 is 0 Å². The smallest absolute Gasteiger partial charge is 0.0897 e. The molecule has 0 aromatic carbocycles. The van der Waals surface area contributed by atoms with E-state index in [4.69, 9.17) is 0 Å². The van der Waals surface area contributed by atoms with E-state index in [0.29, 0.717) is 6.54 Å². The summed E-state index contributed by atoms with van der Waals surface area (Å²) >= 11 is 0. The molecule has 3 nitrogen and oxygen atoms in total. The molecule has 0 saturated carbocycles. The third-order valence-corrected chi connectivity index (χ3v) is 8.58. The maximum Gasteiger partial charge on any atom is 0.0897 e. The molecular weight excluding hydrogens is 466 g/mol. The molecule has 0 rings (SSSR count). The second-order valence-electron chi connectivity index (χ2n) is 12.6. The summed E-state index contributed by atoms with van der Waals surface area (Å²) in [6.45, 7) is 11.9. The van der Waals surface area contributed by atoms with Crippen molar-refractivity contribution in [2.24, 2.45) is 11.8 Å². The van der Waals surface area contributed by atoms with Crippen LogP contribution in [0.1, 0.15) is 182 Å². The molecule has 0 amide bonds. The van der Waals surface area contributed by atoms with E-state index in [2.05, 4.69) is 32.6 Å². The van der Waals surface area contributed by atoms with Gasteiger partial charge in [-0.3, -0.25) is 0 Å². The summed E-state index contributed by atoms with van der Waals surface area (Å²) in [5, 5.41) is 20.1. The van der Waals surface area contributed by atoms with Crippen LogP contribution in [-0.2, 0) is 0 Å². The van der Waals surface area contributed by atoms with Crippen molar-refractivity contribution in [1.29, 1.82) is 0 Å². The van der Waals surface area contributed by atoms with Crippen LogP contribution in [0.2, 0.25) is 0 Å². The molecule has 2 N–H and O–H groups in total. The van der Waals surface area contributed by atoms with E-state index in [-0.39, 0.29) is 6.61 Å². The zero-order valence-corrected chi connectivity index (χ0v) is 26.9. The van der Waals surface area contributed by atoms with Gasteiger partial charge < -0.3 is 15.1 Å². The Labute approximate surface area is 240 Å². The van der Waals surface area contributed by atoms with Crippen LogP contribution in [0.4, 0.5) is 0 Å². The molecule has 0 spiro atoms. The highest BCUT2D eigenvalue weighted by molar-refractivity contribution is 4.74. The average Bonchev–Trinajstić information content (AvgIpc) is 2.92. The Morgan fingerprint density at radius 2 is 0.711 bits per heavy atom. The van der Waals surface area contributed by atoms with Crippen LogP contribution < -0.4 is 0 Å². The monoisotopic (exact) mass is 540 g/mol. The predicted molar refractivity (Wildman–Crippen MR) is 170 cm³/mol. The Balaban J connectivity index is 5.10. The lowest BCUT2D eigenvalue weighted by atomic mass is 9.91. The molecule has 0 radical (unpaired) electrons. The minimum absolute atomic E-state index is 0.117. The maximum absolute atomic E-state index is 10.4. The highest BCUT2D eigenvalue weighted by atomic mass is 16.3. The topological polar surface area (TPSA) is 43.7 Å². The van der Waals surface area contributed by atoms with Gasteiger partial charge >= 0.3 is 0 Å². The molecule has 0 aromatic heterocycles. The first-order valence-corrected chi connectivity index (χ1v) is 17.6. The average molecular weight is 540 g/mol. The van der Waals surface area contributed by atoms with Gasteiger partial charge in [0.05, 0.1) is 12.7 Å². The van der Waals surface area contributed by atoms with Crippen molar-refractivity contribution in [3.63, 3.8) is 0 Å². The normalized spacial score (nSPS) is 14.3. The number of hydrogen-bond donors (Lipinski definition) is 2. The van der Waals surface area contributed by atoms with Crippen molar-refractivity contribution < 1.29 is 10.2 Å². The SMILES string of the molecule is CCCCCCCCC(CCCCCC)CN(CC(O)CO)CC(CCCCCC)CCCCCCCC. The van der Waals surface area contributed by atoms with Gasteiger partial charge in [0.2, 0.25) is 0 Å². The summed E-state index contributed by atoms with van der Waals surface area (Å²) in [4.78, 5) is 2.57. The zero-order valence-electron chi connectivity index (χ0n) is 26.9. The molecule has 38 heavy (non-hydrogen) atoms. The third kappa shape index (κ3) is 24.9. The van der Waals surface area contributed by atoms with Crippen LogP contribution in [0.15, 0.2) is 0 Å². The molecule has 0 aliphatic heterocycles. The number of unbranched alkanes of at least 4 members (excludes halogenated alkanes) is 16. The summed E-state index contributed by atoms with van der Waals surface area (Å²) < 4.78 is 0. The van der Waals surface area contributed by atoms with Crippen LogP contribution in [0, 0.1) is 11.8 Å². The van der Waals surface area contributed by atoms with Gasteiger partial charge in [0.15, 0.2) is 0 Å². The minimum atomic E-state index is -0.612. The predicted octanol–water partition coefficient (Wildman–Crippen LogP) is 10.3. The summed E-state index contributed by atoms with van der Waals surface area (Å²) in [6.07, 6.45) is 31.9. The van der Waals surface area contributed by atoms with Gasteiger partial charge in [-0.2, -0.15) is 0 Å². The Bertz CT molecular complexity index is 410. The number of rotatable bonds is 31. The molecule has 3 atom stereocenters. The van der Waals surface area contributed by atoms with Crippen molar-refractivity contribution in [3.05, 3.63) is 0 Å². The third-order valence-electron chi connectivity index (χ3n) is 8.58. The first-order chi connectivity index (χ1) is 18.6.